The maximum absolute atomic E-state index is 14.1. The third kappa shape index (κ3) is 2.30. The highest BCUT2D eigenvalue weighted by Crippen LogP contribution is 2.41. The Kier molecular flexibility index (Phi) is 3.71. The summed E-state index contributed by atoms with van der Waals surface area (Å²) in [5.74, 6) is -2.16. The van der Waals surface area contributed by atoms with Crippen LogP contribution in [0.15, 0.2) is 40.4 Å². The Morgan fingerprint density at radius 2 is 1.95 bits per heavy atom. The van der Waals surface area contributed by atoms with Crippen molar-refractivity contribution in [2.24, 2.45) is 0 Å². The Hall–Kier alpha value is -2.19. The van der Waals surface area contributed by atoms with Crippen LogP contribution in [0.4, 0.5) is 8.78 Å². The molecule has 1 heterocycles. The second kappa shape index (κ2) is 5.54. The van der Waals surface area contributed by atoms with Crippen LogP contribution < -0.4 is 4.74 Å². The zero-order valence-electron chi connectivity index (χ0n) is 11.6. The molecule has 1 aliphatic rings. The number of halogens is 3. The molecule has 0 saturated carbocycles. The van der Waals surface area contributed by atoms with Crippen molar-refractivity contribution < 1.29 is 13.5 Å². The minimum Gasteiger partial charge on any atom is -0.485 e. The summed E-state index contributed by atoms with van der Waals surface area (Å²) < 4.78 is 33.9. The van der Waals surface area contributed by atoms with Gasteiger partial charge in [-0.3, -0.25) is 0 Å². The summed E-state index contributed by atoms with van der Waals surface area (Å²) in [6, 6.07) is 10.1. The molecule has 2 aromatic carbocycles. The highest BCUT2D eigenvalue weighted by molar-refractivity contribution is 9.10. The summed E-state index contributed by atoms with van der Waals surface area (Å²) in [6.45, 7) is 1.75. The molecular formula is C17H10BrF2NO. The topological polar surface area (TPSA) is 33.0 Å². The SMILES string of the molecule is CC(C#N)=C1c2ccc(Br)cc2COc2c1ccc(F)c2F. The van der Waals surface area contributed by atoms with E-state index in [2.05, 4.69) is 22.0 Å². The van der Waals surface area contributed by atoms with Crippen molar-refractivity contribution in [1.29, 1.82) is 5.26 Å². The van der Waals surface area contributed by atoms with E-state index in [9.17, 15) is 14.0 Å². The van der Waals surface area contributed by atoms with E-state index in [1.807, 2.05) is 18.2 Å². The van der Waals surface area contributed by atoms with Crippen LogP contribution in [0, 0.1) is 23.0 Å². The molecule has 0 radical (unpaired) electrons. The van der Waals surface area contributed by atoms with Crippen molar-refractivity contribution in [3.8, 4) is 11.8 Å². The predicted octanol–water partition coefficient (Wildman–Crippen LogP) is 4.97. The highest BCUT2D eigenvalue weighted by atomic mass is 79.9. The van der Waals surface area contributed by atoms with Crippen LogP contribution in [0.25, 0.3) is 5.57 Å². The maximum Gasteiger partial charge on any atom is 0.201 e. The number of fused-ring (bicyclic) bond motifs is 2. The van der Waals surface area contributed by atoms with E-state index in [1.54, 1.807) is 6.92 Å². The van der Waals surface area contributed by atoms with E-state index < -0.39 is 11.6 Å². The van der Waals surface area contributed by atoms with Crippen molar-refractivity contribution in [2.45, 2.75) is 13.5 Å². The highest BCUT2D eigenvalue weighted by Gasteiger charge is 2.25. The van der Waals surface area contributed by atoms with E-state index in [1.165, 1.54) is 6.07 Å². The largest absolute Gasteiger partial charge is 0.485 e. The second-order valence-corrected chi connectivity index (χ2v) is 5.86. The third-order valence-electron chi connectivity index (χ3n) is 3.57. The molecule has 1 aliphatic heterocycles. The van der Waals surface area contributed by atoms with Crippen LogP contribution in [0.5, 0.6) is 5.75 Å². The van der Waals surface area contributed by atoms with Crippen molar-refractivity contribution in [3.63, 3.8) is 0 Å². The Morgan fingerprint density at radius 1 is 1.23 bits per heavy atom. The Labute approximate surface area is 134 Å². The minimum absolute atomic E-state index is 0.102. The average molecular weight is 362 g/mol. The van der Waals surface area contributed by atoms with Gasteiger partial charge in [0, 0.05) is 21.2 Å². The van der Waals surface area contributed by atoms with Gasteiger partial charge in [-0.2, -0.15) is 9.65 Å². The molecule has 0 bridgehead atoms. The van der Waals surface area contributed by atoms with Crippen LogP contribution in [-0.2, 0) is 6.61 Å². The lowest BCUT2D eigenvalue weighted by Crippen LogP contribution is -1.99. The molecule has 0 unspecified atom stereocenters. The van der Waals surface area contributed by atoms with Crippen LogP contribution >= 0.6 is 15.9 Å². The zero-order valence-corrected chi connectivity index (χ0v) is 13.2. The second-order valence-electron chi connectivity index (χ2n) is 4.94. The molecule has 0 saturated heterocycles. The first-order valence-corrected chi connectivity index (χ1v) is 7.33. The Bertz CT molecular complexity index is 852. The maximum atomic E-state index is 14.1. The normalized spacial score (nSPS) is 15.0. The fraction of sp³-hybridized carbons (Fsp3) is 0.118. The van der Waals surface area contributed by atoms with Gasteiger partial charge in [-0.1, -0.05) is 22.0 Å². The van der Waals surface area contributed by atoms with Gasteiger partial charge >= 0.3 is 0 Å². The van der Waals surface area contributed by atoms with Gasteiger partial charge in [-0.25, -0.2) is 4.39 Å². The van der Waals surface area contributed by atoms with Crippen LogP contribution in [0.3, 0.4) is 0 Å². The lowest BCUT2D eigenvalue weighted by atomic mass is 9.91. The lowest BCUT2D eigenvalue weighted by Gasteiger charge is -2.12. The first-order valence-electron chi connectivity index (χ1n) is 6.54. The standard InChI is InChI=1S/C17H10BrF2NO/c1-9(7-21)15-12-3-2-11(18)6-10(12)8-22-17-13(15)4-5-14(19)16(17)20/h2-6H,8H2,1H3. The van der Waals surface area contributed by atoms with Gasteiger partial charge in [-0.15, -0.1) is 0 Å². The van der Waals surface area contributed by atoms with E-state index in [0.29, 0.717) is 16.7 Å². The lowest BCUT2D eigenvalue weighted by molar-refractivity contribution is 0.285. The first kappa shape index (κ1) is 14.7. The summed E-state index contributed by atoms with van der Waals surface area (Å²) in [7, 11) is 0. The quantitative estimate of drug-likeness (QED) is 0.621. The molecule has 0 atom stereocenters. The summed E-state index contributed by atoms with van der Waals surface area (Å²) in [6.07, 6.45) is 0. The molecule has 2 aromatic rings. The number of allylic oxidation sites excluding steroid dienone is 1. The van der Waals surface area contributed by atoms with E-state index in [4.69, 9.17) is 4.74 Å². The fourth-order valence-electron chi connectivity index (χ4n) is 2.55. The smallest absolute Gasteiger partial charge is 0.201 e. The van der Waals surface area contributed by atoms with Crippen molar-refractivity contribution in [1.82, 2.24) is 0 Å². The number of nitriles is 1. The Morgan fingerprint density at radius 3 is 2.68 bits per heavy atom. The molecule has 0 amide bonds. The summed E-state index contributed by atoms with van der Waals surface area (Å²) in [4.78, 5) is 0. The number of hydrogen-bond acceptors (Lipinski definition) is 2. The summed E-state index contributed by atoms with van der Waals surface area (Å²) >= 11 is 3.38. The van der Waals surface area contributed by atoms with Gasteiger partial charge in [0.15, 0.2) is 11.6 Å². The molecule has 0 N–H and O–H groups in total. The zero-order chi connectivity index (χ0) is 15.9. The molecule has 22 heavy (non-hydrogen) atoms. The number of hydrogen-bond donors (Lipinski definition) is 0. The molecule has 3 rings (SSSR count). The van der Waals surface area contributed by atoms with Crippen LogP contribution in [0.1, 0.15) is 23.6 Å². The van der Waals surface area contributed by atoms with Gasteiger partial charge in [0.25, 0.3) is 0 Å². The minimum atomic E-state index is -1.03. The molecule has 0 aromatic heterocycles. The van der Waals surface area contributed by atoms with Gasteiger partial charge in [0.2, 0.25) is 5.82 Å². The average Bonchev–Trinajstić information content (AvgIpc) is 2.67. The first-order chi connectivity index (χ1) is 10.5. The number of nitrogens with zero attached hydrogens (tertiary/aromatic N) is 1. The predicted molar refractivity (Wildman–Crippen MR) is 82.1 cm³/mol. The van der Waals surface area contributed by atoms with Crippen molar-refractivity contribution >= 4 is 21.5 Å². The molecule has 110 valence electrons. The van der Waals surface area contributed by atoms with Crippen molar-refractivity contribution in [3.05, 3.63) is 68.7 Å². The molecule has 5 heteroatoms. The van der Waals surface area contributed by atoms with Gasteiger partial charge in [0.1, 0.15) is 6.61 Å². The number of ether oxygens (including phenoxy) is 1. The molecule has 0 fully saturated rings. The van der Waals surface area contributed by atoms with Crippen LogP contribution in [0.2, 0.25) is 0 Å². The van der Waals surface area contributed by atoms with E-state index in [-0.39, 0.29) is 12.4 Å². The number of benzene rings is 2. The molecule has 0 aliphatic carbocycles. The summed E-state index contributed by atoms with van der Waals surface area (Å²) in [5, 5.41) is 9.28. The van der Waals surface area contributed by atoms with Crippen LogP contribution in [-0.4, -0.2) is 0 Å². The van der Waals surface area contributed by atoms with Gasteiger partial charge < -0.3 is 4.74 Å². The van der Waals surface area contributed by atoms with Gasteiger partial charge in [-0.05, 0) is 42.3 Å². The van der Waals surface area contributed by atoms with E-state index >= 15 is 0 Å². The third-order valence-corrected chi connectivity index (χ3v) is 4.06. The monoisotopic (exact) mass is 361 g/mol. The summed E-state index contributed by atoms with van der Waals surface area (Å²) in [5.41, 5.74) is 2.96. The molecular weight excluding hydrogens is 352 g/mol. The molecule has 2 nitrogen and oxygen atoms in total. The molecule has 0 spiro atoms. The van der Waals surface area contributed by atoms with Gasteiger partial charge in [0.05, 0.1) is 6.07 Å². The van der Waals surface area contributed by atoms with Crippen molar-refractivity contribution in [2.75, 3.05) is 0 Å². The number of rotatable bonds is 0. The van der Waals surface area contributed by atoms with E-state index in [0.717, 1.165) is 21.7 Å². The fourth-order valence-corrected chi connectivity index (χ4v) is 2.96. The Balaban J connectivity index is 2.38.